The molecule has 0 amide bonds. The van der Waals surface area contributed by atoms with Crippen LogP contribution in [0.25, 0.3) is 33.1 Å². The van der Waals surface area contributed by atoms with Gasteiger partial charge in [-0.15, -0.1) is 0 Å². The van der Waals surface area contributed by atoms with E-state index in [2.05, 4.69) is 9.97 Å². The molecule has 0 atom stereocenters. The van der Waals surface area contributed by atoms with Crippen LogP contribution in [0.1, 0.15) is 17.4 Å². The van der Waals surface area contributed by atoms with Crippen molar-refractivity contribution in [1.29, 1.82) is 0 Å². The Morgan fingerprint density at radius 1 is 0.962 bits per heavy atom. The Bertz CT molecular complexity index is 1140. The number of benzene rings is 3. The first-order valence-corrected chi connectivity index (χ1v) is 8.33. The number of fused-ring (bicyclic) bond motifs is 2. The smallest absolute Gasteiger partial charge is 0.356 e. The third kappa shape index (κ3) is 2.73. The van der Waals surface area contributed by atoms with Gasteiger partial charge in [-0.2, -0.15) is 0 Å². The molecule has 0 radical (unpaired) electrons. The van der Waals surface area contributed by atoms with E-state index in [9.17, 15) is 9.90 Å². The van der Waals surface area contributed by atoms with Crippen molar-refractivity contribution in [3.05, 3.63) is 66.4 Å². The number of para-hydroxylation sites is 2. The van der Waals surface area contributed by atoms with E-state index in [1.165, 1.54) is 0 Å². The molecule has 0 aliphatic heterocycles. The third-order valence-electron chi connectivity index (χ3n) is 4.18. The zero-order valence-electron chi connectivity index (χ0n) is 14.1. The molecule has 1 N–H and O–H groups in total. The summed E-state index contributed by atoms with van der Waals surface area (Å²) in [5.74, 6) is -0.521. The number of carbonyl (C=O) groups is 1. The number of ether oxygens (including phenoxy) is 1. The molecule has 1 heterocycles. The van der Waals surface area contributed by atoms with Crippen LogP contribution in [0.4, 0.5) is 0 Å². The van der Waals surface area contributed by atoms with Crippen LogP contribution in [0.3, 0.4) is 0 Å². The van der Waals surface area contributed by atoms with Crippen molar-refractivity contribution < 1.29 is 14.6 Å². The van der Waals surface area contributed by atoms with Crippen LogP contribution in [0, 0.1) is 0 Å². The highest BCUT2D eigenvalue weighted by Gasteiger charge is 2.20. The zero-order valence-corrected chi connectivity index (χ0v) is 14.1. The lowest BCUT2D eigenvalue weighted by atomic mass is 10.0. The summed E-state index contributed by atoms with van der Waals surface area (Å²) in [7, 11) is 0. The van der Waals surface area contributed by atoms with Crippen molar-refractivity contribution in [2.75, 3.05) is 6.61 Å². The van der Waals surface area contributed by atoms with Gasteiger partial charge in [0.25, 0.3) is 0 Å². The van der Waals surface area contributed by atoms with Gasteiger partial charge in [-0.3, -0.25) is 0 Å². The first-order chi connectivity index (χ1) is 12.7. The quantitative estimate of drug-likeness (QED) is 0.588. The van der Waals surface area contributed by atoms with Crippen LogP contribution in [-0.2, 0) is 0 Å². The highest BCUT2D eigenvalue weighted by Crippen LogP contribution is 2.35. The van der Waals surface area contributed by atoms with Gasteiger partial charge in [0, 0.05) is 5.56 Å². The van der Waals surface area contributed by atoms with Gasteiger partial charge in [-0.05, 0) is 42.0 Å². The highest BCUT2D eigenvalue weighted by molar-refractivity contribution is 5.99. The van der Waals surface area contributed by atoms with E-state index >= 15 is 0 Å². The molecule has 1 aromatic heterocycles. The normalized spacial score (nSPS) is 11.0. The molecule has 5 heteroatoms. The fourth-order valence-corrected chi connectivity index (χ4v) is 3.02. The van der Waals surface area contributed by atoms with Crippen LogP contribution in [0.2, 0.25) is 0 Å². The Hall–Kier alpha value is -3.47. The number of nitrogens with zero attached hydrogens (tertiary/aromatic N) is 2. The van der Waals surface area contributed by atoms with Gasteiger partial charge in [-0.1, -0.05) is 36.4 Å². The Balaban J connectivity index is 2.06. The summed E-state index contributed by atoms with van der Waals surface area (Å²) in [6.07, 6.45) is 0. The van der Waals surface area contributed by atoms with E-state index in [1.807, 2.05) is 61.5 Å². The Kier molecular flexibility index (Phi) is 3.97. The van der Waals surface area contributed by atoms with Gasteiger partial charge in [0.1, 0.15) is 11.4 Å². The highest BCUT2D eigenvalue weighted by atomic mass is 16.5. The van der Waals surface area contributed by atoms with Gasteiger partial charge in [-0.25, -0.2) is 14.8 Å². The van der Waals surface area contributed by atoms with E-state index in [4.69, 9.17) is 4.74 Å². The van der Waals surface area contributed by atoms with Gasteiger partial charge in [0.15, 0.2) is 5.69 Å². The molecule has 0 saturated carbocycles. The number of hydrogen-bond donors (Lipinski definition) is 1. The maximum Gasteiger partial charge on any atom is 0.356 e. The molecule has 4 rings (SSSR count). The number of carboxylic acids is 1. The van der Waals surface area contributed by atoms with Crippen LogP contribution in [0.5, 0.6) is 5.75 Å². The maximum atomic E-state index is 11.8. The fourth-order valence-electron chi connectivity index (χ4n) is 3.02. The molecule has 0 aliphatic rings. The maximum absolute atomic E-state index is 11.8. The second kappa shape index (κ2) is 6.44. The van der Waals surface area contributed by atoms with Gasteiger partial charge < -0.3 is 9.84 Å². The minimum Gasteiger partial charge on any atom is -0.493 e. The number of hydrogen-bond acceptors (Lipinski definition) is 4. The monoisotopic (exact) mass is 344 g/mol. The Morgan fingerprint density at radius 3 is 2.23 bits per heavy atom. The SMILES string of the molecule is CCOc1cc2ccccc2cc1-c1nc2ccccc2nc1C(=O)O. The van der Waals surface area contributed by atoms with Crippen molar-refractivity contribution in [3.8, 4) is 17.0 Å². The average Bonchev–Trinajstić information content (AvgIpc) is 2.66. The molecular weight excluding hydrogens is 328 g/mol. The minimum absolute atomic E-state index is 0.0834. The molecule has 3 aromatic carbocycles. The standard InChI is InChI=1S/C21H16N2O3/c1-2-26-18-12-14-8-4-3-7-13(14)11-15(18)19-20(21(24)25)23-17-10-6-5-9-16(17)22-19/h3-12H,2H2,1H3,(H,24,25). The van der Waals surface area contributed by atoms with Crippen molar-refractivity contribution in [2.24, 2.45) is 0 Å². The van der Waals surface area contributed by atoms with Crippen molar-refractivity contribution in [3.63, 3.8) is 0 Å². The first kappa shape index (κ1) is 16.0. The molecule has 26 heavy (non-hydrogen) atoms. The lowest BCUT2D eigenvalue weighted by Crippen LogP contribution is -2.07. The molecule has 5 nitrogen and oxygen atoms in total. The van der Waals surface area contributed by atoms with Crippen molar-refractivity contribution in [2.45, 2.75) is 6.92 Å². The minimum atomic E-state index is -1.12. The molecule has 4 aromatic rings. The lowest BCUT2D eigenvalue weighted by Gasteiger charge is -2.13. The number of rotatable bonds is 4. The zero-order chi connectivity index (χ0) is 18.1. The summed E-state index contributed by atoms with van der Waals surface area (Å²) in [6, 6.07) is 18.9. The van der Waals surface area contributed by atoms with Gasteiger partial charge in [0.2, 0.25) is 0 Å². The summed E-state index contributed by atoms with van der Waals surface area (Å²) in [4.78, 5) is 20.7. The van der Waals surface area contributed by atoms with Crippen LogP contribution >= 0.6 is 0 Å². The van der Waals surface area contributed by atoms with Crippen LogP contribution in [-0.4, -0.2) is 27.7 Å². The summed E-state index contributed by atoms with van der Waals surface area (Å²) < 4.78 is 5.79. The number of aromatic carboxylic acids is 1. The topological polar surface area (TPSA) is 72.3 Å². The van der Waals surface area contributed by atoms with E-state index in [-0.39, 0.29) is 5.69 Å². The van der Waals surface area contributed by atoms with Gasteiger partial charge >= 0.3 is 5.97 Å². The summed E-state index contributed by atoms with van der Waals surface area (Å²) >= 11 is 0. The predicted octanol–water partition coefficient (Wildman–Crippen LogP) is 4.55. The van der Waals surface area contributed by atoms with Crippen molar-refractivity contribution >= 4 is 27.8 Å². The van der Waals surface area contributed by atoms with E-state index in [0.29, 0.717) is 34.6 Å². The Labute approximate surface area is 149 Å². The molecule has 0 aliphatic carbocycles. The largest absolute Gasteiger partial charge is 0.493 e. The van der Waals surface area contributed by atoms with Gasteiger partial charge in [0.05, 0.1) is 17.6 Å². The second-order valence-corrected chi connectivity index (χ2v) is 5.84. The second-order valence-electron chi connectivity index (χ2n) is 5.84. The molecule has 0 saturated heterocycles. The lowest BCUT2D eigenvalue weighted by molar-refractivity contribution is 0.0691. The predicted molar refractivity (Wildman–Crippen MR) is 101 cm³/mol. The summed E-state index contributed by atoms with van der Waals surface area (Å²) in [5, 5.41) is 11.7. The van der Waals surface area contributed by atoms with Crippen LogP contribution < -0.4 is 4.74 Å². The van der Waals surface area contributed by atoms with E-state index < -0.39 is 5.97 Å². The summed E-state index contributed by atoms with van der Waals surface area (Å²) in [5.41, 5.74) is 2.04. The molecule has 0 spiro atoms. The molecule has 128 valence electrons. The van der Waals surface area contributed by atoms with E-state index in [1.54, 1.807) is 6.07 Å². The first-order valence-electron chi connectivity index (χ1n) is 8.33. The molecular formula is C21H16N2O3. The molecule has 0 fully saturated rings. The van der Waals surface area contributed by atoms with Crippen LogP contribution in [0.15, 0.2) is 60.7 Å². The molecule has 0 unspecified atom stereocenters. The molecule has 0 bridgehead atoms. The fraction of sp³-hybridized carbons (Fsp3) is 0.0952. The number of aromatic nitrogens is 2. The Morgan fingerprint density at radius 2 is 1.58 bits per heavy atom. The third-order valence-corrected chi connectivity index (χ3v) is 4.18. The number of carboxylic acid groups (broad SMARTS) is 1. The summed E-state index contributed by atoms with van der Waals surface area (Å²) in [6.45, 7) is 2.36. The van der Waals surface area contributed by atoms with E-state index in [0.717, 1.165) is 10.8 Å². The van der Waals surface area contributed by atoms with Crippen molar-refractivity contribution in [1.82, 2.24) is 9.97 Å². The average molecular weight is 344 g/mol.